The minimum atomic E-state index is -1.17. The van der Waals surface area contributed by atoms with E-state index in [0.717, 1.165) is 6.07 Å². The van der Waals surface area contributed by atoms with E-state index in [9.17, 15) is 19.1 Å². The van der Waals surface area contributed by atoms with Crippen LogP contribution >= 0.6 is 11.6 Å². The number of carbonyl (C=O) groups is 2. The van der Waals surface area contributed by atoms with Crippen LogP contribution in [0.3, 0.4) is 0 Å². The van der Waals surface area contributed by atoms with Gasteiger partial charge in [0.25, 0.3) is 0 Å². The van der Waals surface area contributed by atoms with Gasteiger partial charge in [0.1, 0.15) is 11.4 Å². The largest absolute Gasteiger partial charge is 0.479 e. The van der Waals surface area contributed by atoms with Crippen LogP contribution in [0.5, 0.6) is 0 Å². The van der Waals surface area contributed by atoms with Gasteiger partial charge in [0.2, 0.25) is 0 Å². The van der Waals surface area contributed by atoms with Gasteiger partial charge in [-0.3, -0.25) is 0 Å². The van der Waals surface area contributed by atoms with Crippen LogP contribution in [-0.2, 0) is 4.79 Å². The maximum Gasteiger partial charge on any atom is 0.329 e. The third-order valence-electron chi connectivity index (χ3n) is 3.89. The van der Waals surface area contributed by atoms with E-state index in [1.54, 1.807) is 6.92 Å². The van der Waals surface area contributed by atoms with E-state index in [1.807, 2.05) is 0 Å². The Kier molecular flexibility index (Phi) is 4.37. The van der Waals surface area contributed by atoms with Gasteiger partial charge in [0.05, 0.1) is 5.02 Å². The molecule has 21 heavy (non-hydrogen) atoms. The summed E-state index contributed by atoms with van der Waals surface area (Å²) in [5.74, 6) is -1.58. The normalized spacial score (nSPS) is 21.4. The minimum absolute atomic E-state index is 0.103. The fourth-order valence-corrected chi connectivity index (χ4v) is 2.86. The quantitative estimate of drug-likeness (QED) is 0.899. The number of nitrogens with zero attached hydrogens (tertiary/aromatic N) is 1. The number of aliphatic carboxylic acids is 1. The summed E-state index contributed by atoms with van der Waals surface area (Å²) in [5.41, 5.74) is -0.845. The summed E-state index contributed by atoms with van der Waals surface area (Å²) in [4.78, 5) is 25.2. The molecule has 5 nitrogen and oxygen atoms in total. The predicted molar refractivity (Wildman–Crippen MR) is 77.0 cm³/mol. The second-order valence-corrected chi connectivity index (χ2v) is 5.41. The lowest BCUT2D eigenvalue weighted by Crippen LogP contribution is -2.54. The zero-order chi connectivity index (χ0) is 15.6. The molecular weight excluding hydrogens is 299 g/mol. The number of carbonyl (C=O) groups excluding carboxylic acids is 1. The molecule has 2 N–H and O–H groups in total. The molecule has 0 saturated carbocycles. The number of halogens is 2. The number of benzene rings is 1. The smallest absolute Gasteiger partial charge is 0.329 e. The van der Waals surface area contributed by atoms with Gasteiger partial charge in [-0.1, -0.05) is 18.5 Å². The highest BCUT2D eigenvalue weighted by atomic mass is 35.5. The average Bonchev–Trinajstić information content (AvgIpc) is 2.88. The average molecular weight is 315 g/mol. The Morgan fingerprint density at radius 3 is 2.81 bits per heavy atom. The summed E-state index contributed by atoms with van der Waals surface area (Å²) in [6.07, 6.45) is 1.40. The zero-order valence-corrected chi connectivity index (χ0v) is 12.3. The Morgan fingerprint density at radius 1 is 1.52 bits per heavy atom. The molecule has 7 heteroatoms. The van der Waals surface area contributed by atoms with Crippen molar-refractivity contribution in [3.63, 3.8) is 0 Å². The van der Waals surface area contributed by atoms with E-state index in [4.69, 9.17) is 11.6 Å². The monoisotopic (exact) mass is 314 g/mol. The number of likely N-dealkylation sites (tertiary alicyclic amines) is 1. The summed E-state index contributed by atoms with van der Waals surface area (Å²) in [7, 11) is 0. The van der Waals surface area contributed by atoms with Crippen molar-refractivity contribution >= 4 is 29.3 Å². The van der Waals surface area contributed by atoms with Crippen LogP contribution in [0.25, 0.3) is 0 Å². The number of urea groups is 1. The predicted octanol–water partition coefficient (Wildman–Crippen LogP) is 3.34. The molecule has 1 aliphatic rings. The number of amides is 2. The molecule has 1 aromatic carbocycles. The maximum absolute atomic E-state index is 13.1. The molecule has 1 heterocycles. The van der Waals surface area contributed by atoms with Crippen LogP contribution in [0.2, 0.25) is 5.02 Å². The van der Waals surface area contributed by atoms with Gasteiger partial charge in [0.15, 0.2) is 0 Å². The van der Waals surface area contributed by atoms with Crippen molar-refractivity contribution in [3.05, 3.63) is 29.0 Å². The molecule has 114 valence electrons. The van der Waals surface area contributed by atoms with Gasteiger partial charge < -0.3 is 15.3 Å². The van der Waals surface area contributed by atoms with Crippen LogP contribution in [0.15, 0.2) is 18.2 Å². The van der Waals surface area contributed by atoms with Gasteiger partial charge >= 0.3 is 12.0 Å². The third-order valence-corrected chi connectivity index (χ3v) is 4.18. The zero-order valence-electron chi connectivity index (χ0n) is 11.5. The summed E-state index contributed by atoms with van der Waals surface area (Å²) < 4.78 is 13.1. The van der Waals surface area contributed by atoms with Crippen LogP contribution in [0.4, 0.5) is 14.9 Å². The molecule has 1 aliphatic heterocycles. The Morgan fingerprint density at radius 2 is 2.24 bits per heavy atom. The van der Waals surface area contributed by atoms with Gasteiger partial charge in [-0.2, -0.15) is 0 Å². The number of hydrogen-bond acceptors (Lipinski definition) is 2. The van der Waals surface area contributed by atoms with Crippen molar-refractivity contribution in [2.45, 2.75) is 31.7 Å². The fraction of sp³-hybridized carbons (Fsp3) is 0.429. The number of nitrogens with one attached hydrogen (secondary N) is 1. The van der Waals surface area contributed by atoms with E-state index in [2.05, 4.69) is 5.32 Å². The molecule has 1 atom stereocenters. The van der Waals surface area contributed by atoms with E-state index in [0.29, 0.717) is 31.5 Å². The first-order valence-electron chi connectivity index (χ1n) is 6.68. The first-order chi connectivity index (χ1) is 9.90. The van der Waals surface area contributed by atoms with Crippen LogP contribution in [0, 0.1) is 5.82 Å². The van der Waals surface area contributed by atoms with E-state index in [1.165, 1.54) is 17.0 Å². The van der Waals surface area contributed by atoms with Crippen molar-refractivity contribution < 1.29 is 19.1 Å². The molecule has 2 rings (SSSR count). The standard InChI is InChI=1S/C14H16ClFN2O3/c1-2-14(12(19)20)6-3-7-18(14)13(21)17-9-4-5-11(16)10(15)8-9/h4-5,8H,2-3,6-7H2,1H3,(H,17,21)(H,19,20). The number of hydrogen-bond donors (Lipinski definition) is 2. The summed E-state index contributed by atoms with van der Waals surface area (Å²) in [6, 6.07) is 3.30. The van der Waals surface area contributed by atoms with Crippen molar-refractivity contribution in [2.24, 2.45) is 0 Å². The molecule has 1 aromatic rings. The van der Waals surface area contributed by atoms with Gasteiger partial charge in [-0.25, -0.2) is 14.0 Å². The molecule has 0 spiro atoms. The van der Waals surface area contributed by atoms with E-state index in [-0.39, 0.29) is 5.02 Å². The molecule has 0 aromatic heterocycles. The van der Waals surface area contributed by atoms with Gasteiger partial charge in [0, 0.05) is 12.2 Å². The van der Waals surface area contributed by atoms with Gasteiger partial charge in [-0.05, 0) is 37.5 Å². The minimum Gasteiger partial charge on any atom is -0.479 e. The number of anilines is 1. The first kappa shape index (κ1) is 15.6. The molecule has 1 fully saturated rings. The highest BCUT2D eigenvalue weighted by Crippen LogP contribution is 2.33. The van der Waals surface area contributed by atoms with Crippen LogP contribution in [-0.4, -0.2) is 34.1 Å². The second kappa shape index (κ2) is 5.89. The van der Waals surface area contributed by atoms with Crippen LogP contribution < -0.4 is 5.32 Å². The highest BCUT2D eigenvalue weighted by Gasteiger charge is 2.48. The van der Waals surface area contributed by atoms with Crippen molar-refractivity contribution in [2.75, 3.05) is 11.9 Å². The molecule has 1 unspecified atom stereocenters. The number of carboxylic acids is 1. The topological polar surface area (TPSA) is 69.6 Å². The molecular formula is C14H16ClFN2O3. The third kappa shape index (κ3) is 2.81. The van der Waals surface area contributed by atoms with Crippen molar-refractivity contribution in [1.82, 2.24) is 4.90 Å². The Balaban J connectivity index is 2.19. The SMILES string of the molecule is CCC1(C(=O)O)CCCN1C(=O)Nc1ccc(F)c(Cl)c1. The molecule has 1 saturated heterocycles. The summed E-state index contributed by atoms with van der Waals surface area (Å²) in [5, 5.41) is 11.9. The molecule has 0 bridgehead atoms. The van der Waals surface area contributed by atoms with Crippen molar-refractivity contribution in [3.8, 4) is 0 Å². The fourth-order valence-electron chi connectivity index (χ4n) is 2.68. The highest BCUT2D eigenvalue weighted by molar-refractivity contribution is 6.31. The summed E-state index contributed by atoms with van der Waals surface area (Å²) in [6.45, 7) is 2.12. The van der Waals surface area contributed by atoms with E-state index < -0.39 is 23.4 Å². The number of rotatable bonds is 3. The lowest BCUT2D eigenvalue weighted by Gasteiger charge is -2.33. The maximum atomic E-state index is 13.1. The Labute approximate surface area is 126 Å². The Bertz CT molecular complexity index is 581. The number of carboxylic acid groups (broad SMARTS) is 1. The lowest BCUT2D eigenvalue weighted by atomic mass is 9.93. The first-order valence-corrected chi connectivity index (χ1v) is 7.05. The van der Waals surface area contributed by atoms with Crippen molar-refractivity contribution in [1.29, 1.82) is 0 Å². The summed E-state index contributed by atoms with van der Waals surface area (Å²) >= 11 is 5.66. The molecule has 0 aliphatic carbocycles. The lowest BCUT2D eigenvalue weighted by molar-refractivity contribution is -0.148. The molecule has 2 amide bonds. The second-order valence-electron chi connectivity index (χ2n) is 5.00. The van der Waals surface area contributed by atoms with E-state index >= 15 is 0 Å². The molecule has 0 radical (unpaired) electrons. The Hall–Kier alpha value is -1.82. The van der Waals surface area contributed by atoms with Gasteiger partial charge in [-0.15, -0.1) is 0 Å². The van der Waals surface area contributed by atoms with Crippen LogP contribution in [0.1, 0.15) is 26.2 Å².